The Morgan fingerprint density at radius 1 is 1.38 bits per heavy atom. The zero-order chi connectivity index (χ0) is 16.2. The van der Waals surface area contributed by atoms with E-state index in [-0.39, 0.29) is 28.2 Å². The molecule has 1 aromatic carbocycles. The maximum Gasteiger partial charge on any atom is 0.254 e. The van der Waals surface area contributed by atoms with Gasteiger partial charge in [0.15, 0.2) is 0 Å². The molecule has 2 N–H and O–H groups in total. The number of ether oxygens (including phenoxy) is 1. The summed E-state index contributed by atoms with van der Waals surface area (Å²) in [4.78, 5) is 14.0. The molecule has 1 amide bonds. The summed E-state index contributed by atoms with van der Waals surface area (Å²) in [6, 6.07) is 4.28. The number of hydrogen-bond donors (Lipinski definition) is 1. The molecule has 0 saturated heterocycles. The summed E-state index contributed by atoms with van der Waals surface area (Å²) in [7, 11) is -2.61. The highest BCUT2D eigenvalue weighted by Crippen LogP contribution is 2.24. The average molecular weight is 314 g/mol. The summed E-state index contributed by atoms with van der Waals surface area (Å²) in [5.41, 5.74) is 0.280. The highest BCUT2D eigenvalue weighted by molar-refractivity contribution is 7.89. The van der Waals surface area contributed by atoms with Crippen molar-refractivity contribution in [1.29, 1.82) is 0 Å². The standard InChI is InChI=1S/C14H22N2O4S/c1-5-8-16(10(2)3)14(17)11-6-7-12(20-4)13(9-11)21(15,18)19/h6-7,9-10H,5,8H2,1-4H3,(H2,15,18,19). The monoisotopic (exact) mass is 314 g/mol. The lowest BCUT2D eigenvalue weighted by Crippen LogP contribution is -2.37. The fraction of sp³-hybridized carbons (Fsp3) is 0.500. The van der Waals surface area contributed by atoms with Gasteiger partial charge in [-0.25, -0.2) is 13.6 Å². The van der Waals surface area contributed by atoms with Crippen LogP contribution in [0, 0.1) is 0 Å². The predicted octanol–water partition coefficient (Wildman–Crippen LogP) is 1.60. The van der Waals surface area contributed by atoms with Crippen LogP contribution in [-0.2, 0) is 10.0 Å². The Labute approximate surface area is 125 Å². The molecule has 0 aliphatic heterocycles. The molecule has 0 saturated carbocycles. The van der Waals surface area contributed by atoms with Crippen LogP contribution in [0.1, 0.15) is 37.6 Å². The first-order valence-corrected chi connectivity index (χ1v) is 8.28. The van der Waals surface area contributed by atoms with E-state index in [0.717, 1.165) is 6.42 Å². The molecule has 0 fully saturated rings. The first kappa shape index (κ1) is 17.5. The van der Waals surface area contributed by atoms with Gasteiger partial charge in [0.2, 0.25) is 10.0 Å². The number of nitrogens with zero attached hydrogens (tertiary/aromatic N) is 1. The van der Waals surface area contributed by atoms with Crippen LogP contribution in [0.15, 0.2) is 23.1 Å². The van der Waals surface area contributed by atoms with Crippen molar-refractivity contribution >= 4 is 15.9 Å². The minimum atomic E-state index is -3.96. The van der Waals surface area contributed by atoms with Crippen molar-refractivity contribution in [2.75, 3.05) is 13.7 Å². The van der Waals surface area contributed by atoms with Crippen molar-refractivity contribution in [2.24, 2.45) is 5.14 Å². The van der Waals surface area contributed by atoms with Crippen LogP contribution in [-0.4, -0.2) is 38.9 Å². The summed E-state index contributed by atoms with van der Waals surface area (Å²) in [6.45, 7) is 6.41. The van der Waals surface area contributed by atoms with E-state index >= 15 is 0 Å². The number of primary sulfonamides is 1. The fourth-order valence-corrected chi connectivity index (χ4v) is 2.76. The number of methoxy groups -OCH3 is 1. The van der Waals surface area contributed by atoms with Gasteiger partial charge in [-0.1, -0.05) is 6.92 Å². The zero-order valence-corrected chi connectivity index (χ0v) is 13.6. The summed E-state index contributed by atoms with van der Waals surface area (Å²) in [5.74, 6) is -0.0972. The Morgan fingerprint density at radius 2 is 2.00 bits per heavy atom. The Kier molecular flexibility index (Phi) is 5.74. The van der Waals surface area contributed by atoms with E-state index in [4.69, 9.17) is 9.88 Å². The molecule has 6 nitrogen and oxygen atoms in total. The predicted molar refractivity (Wildman–Crippen MR) is 80.8 cm³/mol. The Balaban J connectivity index is 3.29. The first-order chi connectivity index (χ1) is 9.72. The zero-order valence-electron chi connectivity index (χ0n) is 12.8. The second kappa shape index (κ2) is 6.91. The van der Waals surface area contributed by atoms with Crippen LogP contribution < -0.4 is 9.88 Å². The lowest BCUT2D eigenvalue weighted by molar-refractivity contribution is 0.0705. The van der Waals surface area contributed by atoms with Gasteiger partial charge in [-0.15, -0.1) is 0 Å². The SMILES string of the molecule is CCCN(C(=O)c1ccc(OC)c(S(N)(=O)=O)c1)C(C)C. The van der Waals surface area contributed by atoms with E-state index in [0.29, 0.717) is 6.54 Å². The molecular weight excluding hydrogens is 292 g/mol. The molecule has 7 heteroatoms. The van der Waals surface area contributed by atoms with Gasteiger partial charge in [-0.3, -0.25) is 4.79 Å². The van der Waals surface area contributed by atoms with Crippen LogP contribution in [0.3, 0.4) is 0 Å². The third-order valence-corrected chi connectivity index (χ3v) is 4.00. The van der Waals surface area contributed by atoms with Gasteiger partial charge in [0, 0.05) is 18.2 Å². The van der Waals surface area contributed by atoms with Crippen molar-refractivity contribution in [2.45, 2.75) is 38.1 Å². The molecule has 0 radical (unpaired) electrons. The fourth-order valence-electron chi connectivity index (χ4n) is 2.03. The largest absolute Gasteiger partial charge is 0.495 e. The second-order valence-electron chi connectivity index (χ2n) is 5.00. The van der Waals surface area contributed by atoms with Crippen molar-refractivity contribution in [1.82, 2.24) is 4.90 Å². The summed E-state index contributed by atoms with van der Waals surface area (Å²) >= 11 is 0. The van der Waals surface area contributed by atoms with Gasteiger partial charge in [0.1, 0.15) is 10.6 Å². The van der Waals surface area contributed by atoms with Crippen LogP contribution in [0.4, 0.5) is 0 Å². The number of carbonyl (C=O) groups is 1. The molecule has 0 bridgehead atoms. The van der Waals surface area contributed by atoms with E-state index in [9.17, 15) is 13.2 Å². The number of benzene rings is 1. The third-order valence-electron chi connectivity index (χ3n) is 3.07. The summed E-state index contributed by atoms with van der Waals surface area (Å²) in [6.07, 6.45) is 0.822. The van der Waals surface area contributed by atoms with E-state index in [1.54, 1.807) is 11.0 Å². The molecule has 0 aliphatic rings. The number of rotatable bonds is 6. The molecule has 21 heavy (non-hydrogen) atoms. The Morgan fingerprint density at radius 3 is 2.43 bits per heavy atom. The van der Waals surface area contributed by atoms with Crippen molar-refractivity contribution in [3.8, 4) is 5.75 Å². The normalized spacial score (nSPS) is 11.5. The molecule has 0 spiro atoms. The van der Waals surface area contributed by atoms with E-state index < -0.39 is 10.0 Å². The number of nitrogens with two attached hydrogens (primary N) is 1. The maximum absolute atomic E-state index is 12.5. The number of sulfonamides is 1. The summed E-state index contributed by atoms with van der Waals surface area (Å²) < 4.78 is 28.2. The van der Waals surface area contributed by atoms with Crippen LogP contribution in [0.5, 0.6) is 5.75 Å². The van der Waals surface area contributed by atoms with Crippen LogP contribution in [0.25, 0.3) is 0 Å². The van der Waals surface area contributed by atoms with Gasteiger partial charge >= 0.3 is 0 Å². The lowest BCUT2D eigenvalue weighted by atomic mass is 10.1. The number of amides is 1. The molecule has 0 heterocycles. The molecule has 0 aromatic heterocycles. The smallest absolute Gasteiger partial charge is 0.254 e. The minimum Gasteiger partial charge on any atom is -0.495 e. The second-order valence-corrected chi connectivity index (χ2v) is 6.53. The summed E-state index contributed by atoms with van der Waals surface area (Å²) in [5, 5.41) is 5.16. The number of hydrogen-bond acceptors (Lipinski definition) is 4. The molecule has 1 aromatic rings. The van der Waals surface area contributed by atoms with Gasteiger partial charge in [-0.2, -0.15) is 0 Å². The highest BCUT2D eigenvalue weighted by Gasteiger charge is 2.22. The van der Waals surface area contributed by atoms with Crippen LogP contribution in [0.2, 0.25) is 0 Å². The minimum absolute atomic E-state index is 0.0254. The van der Waals surface area contributed by atoms with Crippen molar-refractivity contribution < 1.29 is 17.9 Å². The first-order valence-electron chi connectivity index (χ1n) is 6.74. The topological polar surface area (TPSA) is 89.7 Å². The van der Waals surface area contributed by atoms with Gasteiger partial charge in [0.05, 0.1) is 7.11 Å². The molecule has 0 atom stereocenters. The lowest BCUT2D eigenvalue weighted by Gasteiger charge is -2.26. The third kappa shape index (κ3) is 4.18. The molecule has 0 aliphatic carbocycles. The Hall–Kier alpha value is -1.60. The molecular formula is C14H22N2O4S. The van der Waals surface area contributed by atoms with E-state index in [1.165, 1.54) is 19.2 Å². The van der Waals surface area contributed by atoms with Gasteiger partial charge < -0.3 is 9.64 Å². The molecule has 118 valence electrons. The van der Waals surface area contributed by atoms with E-state index in [2.05, 4.69) is 0 Å². The Bertz CT molecular complexity index is 611. The number of carbonyl (C=O) groups excluding carboxylic acids is 1. The molecule has 0 unspecified atom stereocenters. The molecule has 1 rings (SSSR count). The van der Waals surface area contributed by atoms with Crippen LogP contribution >= 0.6 is 0 Å². The quantitative estimate of drug-likeness (QED) is 0.863. The van der Waals surface area contributed by atoms with Gasteiger partial charge in [0.25, 0.3) is 5.91 Å². The highest BCUT2D eigenvalue weighted by atomic mass is 32.2. The maximum atomic E-state index is 12.5. The van der Waals surface area contributed by atoms with Crippen molar-refractivity contribution in [3.05, 3.63) is 23.8 Å². The average Bonchev–Trinajstić information content (AvgIpc) is 2.42. The van der Waals surface area contributed by atoms with E-state index in [1.807, 2.05) is 20.8 Å². The van der Waals surface area contributed by atoms with Gasteiger partial charge in [-0.05, 0) is 38.5 Å². The van der Waals surface area contributed by atoms with Crippen molar-refractivity contribution in [3.63, 3.8) is 0 Å².